The number of hydrogen-bond donors (Lipinski definition) is 1. The lowest BCUT2D eigenvalue weighted by molar-refractivity contribution is -0.155. The van der Waals surface area contributed by atoms with Gasteiger partial charge < -0.3 is 9.84 Å². The van der Waals surface area contributed by atoms with Crippen molar-refractivity contribution in [3.05, 3.63) is 48.6 Å². The number of rotatable bonds is 11. The number of allylic oxidation sites excluding steroid dienone is 8. The van der Waals surface area contributed by atoms with Crippen LogP contribution in [0.2, 0.25) is 0 Å². The van der Waals surface area contributed by atoms with E-state index in [1.807, 2.05) is 36.5 Å². The predicted octanol–water partition coefficient (Wildman–Crippen LogP) is 4.35. The van der Waals surface area contributed by atoms with Crippen LogP contribution in [0.3, 0.4) is 0 Å². The molecule has 1 atom stereocenters. The first-order valence-corrected chi connectivity index (χ1v) is 8.09. The van der Waals surface area contributed by atoms with Crippen molar-refractivity contribution in [2.75, 3.05) is 6.61 Å². The van der Waals surface area contributed by atoms with Gasteiger partial charge in [0.05, 0.1) is 6.61 Å². The smallest absolute Gasteiger partial charge is 0.335 e. The van der Waals surface area contributed by atoms with Gasteiger partial charge in [-0.1, -0.05) is 69.4 Å². The molecule has 0 aliphatic heterocycles. The Morgan fingerprint density at radius 1 is 1.00 bits per heavy atom. The van der Waals surface area contributed by atoms with E-state index in [4.69, 9.17) is 4.74 Å². The second-order valence-electron chi connectivity index (χ2n) is 5.39. The number of carbonyl (C=O) groups excluding carboxylic acids is 1. The molecule has 0 aliphatic carbocycles. The van der Waals surface area contributed by atoms with Crippen molar-refractivity contribution in [2.45, 2.75) is 52.6 Å². The van der Waals surface area contributed by atoms with Crippen molar-refractivity contribution in [2.24, 2.45) is 5.92 Å². The number of aliphatic hydroxyl groups excluding tert-OH is 1. The number of hydrogen-bond acceptors (Lipinski definition) is 3. The van der Waals surface area contributed by atoms with E-state index in [0.717, 1.165) is 25.7 Å². The van der Waals surface area contributed by atoms with Gasteiger partial charge in [-0.2, -0.15) is 0 Å². The van der Waals surface area contributed by atoms with Crippen LogP contribution in [0, 0.1) is 5.92 Å². The Morgan fingerprint density at radius 3 is 2.18 bits per heavy atom. The summed E-state index contributed by atoms with van der Waals surface area (Å²) in [6.45, 7) is 6.06. The average Bonchev–Trinajstić information content (AvgIpc) is 2.50. The zero-order valence-electron chi connectivity index (χ0n) is 14.1. The molecule has 0 saturated heterocycles. The van der Waals surface area contributed by atoms with Gasteiger partial charge in [-0.15, -0.1) is 0 Å². The van der Waals surface area contributed by atoms with Crippen LogP contribution in [0.4, 0.5) is 0 Å². The Bertz CT molecular complexity index is 389. The summed E-state index contributed by atoms with van der Waals surface area (Å²) >= 11 is 0. The summed E-state index contributed by atoms with van der Waals surface area (Å²) in [7, 11) is 0. The highest BCUT2D eigenvalue weighted by molar-refractivity contribution is 5.74. The van der Waals surface area contributed by atoms with Crippen molar-refractivity contribution in [3.63, 3.8) is 0 Å². The summed E-state index contributed by atoms with van der Waals surface area (Å²) in [4.78, 5) is 11.4. The maximum Gasteiger partial charge on any atom is 0.335 e. The molecule has 3 nitrogen and oxygen atoms in total. The van der Waals surface area contributed by atoms with Gasteiger partial charge in [0, 0.05) is 0 Å². The van der Waals surface area contributed by atoms with E-state index in [1.165, 1.54) is 0 Å². The zero-order valence-corrected chi connectivity index (χ0v) is 14.1. The van der Waals surface area contributed by atoms with Crippen LogP contribution in [0.1, 0.15) is 46.5 Å². The second kappa shape index (κ2) is 14.3. The summed E-state index contributed by atoms with van der Waals surface area (Å²) in [5.74, 6) is -0.619. The number of esters is 1. The zero-order chi connectivity index (χ0) is 16.6. The van der Waals surface area contributed by atoms with Gasteiger partial charge in [-0.3, -0.25) is 0 Å². The first-order valence-electron chi connectivity index (χ1n) is 8.09. The molecule has 3 heteroatoms. The molecule has 0 radical (unpaired) electrons. The third-order valence-corrected chi connectivity index (χ3v) is 2.95. The SMILES string of the molecule is CC/C=C/C=C/C=C/C=C\CCCCOC(=O)[C@H](O)C(C)C. The van der Waals surface area contributed by atoms with Gasteiger partial charge in [0.2, 0.25) is 0 Å². The maximum atomic E-state index is 11.4. The lowest BCUT2D eigenvalue weighted by atomic mass is 10.1. The molecule has 0 aromatic rings. The molecule has 22 heavy (non-hydrogen) atoms. The van der Waals surface area contributed by atoms with Crippen LogP contribution in [-0.2, 0) is 9.53 Å². The Hall–Kier alpha value is -1.61. The molecule has 0 aromatic carbocycles. The standard InChI is InChI=1S/C19H30O3/c1-4-5-6-7-8-9-10-11-12-13-14-15-16-22-19(21)18(20)17(2)3/h5-12,17-18,20H,4,13-16H2,1-3H3/b6-5+,8-7+,10-9+,12-11-/t18-/m1/s1. The van der Waals surface area contributed by atoms with E-state index < -0.39 is 12.1 Å². The third kappa shape index (κ3) is 12.2. The Balaban J connectivity index is 3.59. The summed E-state index contributed by atoms with van der Waals surface area (Å²) in [6.07, 6.45) is 19.0. The lowest BCUT2D eigenvalue weighted by Crippen LogP contribution is -2.28. The lowest BCUT2D eigenvalue weighted by Gasteiger charge is -2.13. The van der Waals surface area contributed by atoms with Gasteiger partial charge in [0.15, 0.2) is 6.10 Å². The molecule has 0 bridgehead atoms. The highest BCUT2D eigenvalue weighted by Gasteiger charge is 2.19. The minimum atomic E-state index is -1.01. The highest BCUT2D eigenvalue weighted by Crippen LogP contribution is 2.04. The van der Waals surface area contributed by atoms with E-state index >= 15 is 0 Å². The van der Waals surface area contributed by atoms with E-state index in [0.29, 0.717) is 6.61 Å². The molecule has 1 N–H and O–H groups in total. The van der Waals surface area contributed by atoms with Crippen molar-refractivity contribution < 1.29 is 14.6 Å². The van der Waals surface area contributed by atoms with Gasteiger partial charge >= 0.3 is 5.97 Å². The van der Waals surface area contributed by atoms with Gasteiger partial charge in [-0.25, -0.2) is 4.79 Å². The highest BCUT2D eigenvalue weighted by atomic mass is 16.5. The average molecular weight is 306 g/mol. The number of carbonyl (C=O) groups is 1. The van der Waals surface area contributed by atoms with Crippen LogP contribution in [0.5, 0.6) is 0 Å². The van der Waals surface area contributed by atoms with Gasteiger partial charge in [0.25, 0.3) is 0 Å². The van der Waals surface area contributed by atoms with Crippen LogP contribution in [0.25, 0.3) is 0 Å². The fourth-order valence-electron chi connectivity index (χ4n) is 1.54. The van der Waals surface area contributed by atoms with E-state index in [1.54, 1.807) is 13.8 Å². The molecule has 0 heterocycles. The first kappa shape index (κ1) is 20.4. The number of unbranched alkanes of at least 4 members (excludes halogenated alkanes) is 2. The van der Waals surface area contributed by atoms with E-state index in [9.17, 15) is 9.90 Å². The minimum absolute atomic E-state index is 0.103. The summed E-state index contributed by atoms with van der Waals surface area (Å²) in [6, 6.07) is 0. The largest absolute Gasteiger partial charge is 0.464 e. The molecule has 0 rings (SSSR count). The van der Waals surface area contributed by atoms with E-state index in [-0.39, 0.29) is 5.92 Å². The van der Waals surface area contributed by atoms with Gasteiger partial charge in [-0.05, 0) is 31.6 Å². The molecule has 124 valence electrons. The van der Waals surface area contributed by atoms with Crippen molar-refractivity contribution in [1.82, 2.24) is 0 Å². The Morgan fingerprint density at radius 2 is 1.59 bits per heavy atom. The topological polar surface area (TPSA) is 46.5 Å². The van der Waals surface area contributed by atoms with Crippen molar-refractivity contribution in [3.8, 4) is 0 Å². The van der Waals surface area contributed by atoms with Crippen LogP contribution in [-0.4, -0.2) is 23.8 Å². The first-order chi connectivity index (χ1) is 10.6. The Labute approximate surface area is 135 Å². The quantitative estimate of drug-likeness (QED) is 0.351. The second-order valence-corrected chi connectivity index (χ2v) is 5.39. The molecule has 0 saturated carbocycles. The summed E-state index contributed by atoms with van der Waals surface area (Å²) in [5, 5.41) is 9.48. The maximum absolute atomic E-state index is 11.4. The molecule has 0 fully saturated rings. The normalized spacial score (nSPS) is 14.0. The predicted molar refractivity (Wildman–Crippen MR) is 92.5 cm³/mol. The molecule has 0 amide bonds. The minimum Gasteiger partial charge on any atom is -0.464 e. The third-order valence-electron chi connectivity index (χ3n) is 2.95. The van der Waals surface area contributed by atoms with E-state index in [2.05, 4.69) is 19.1 Å². The molecular formula is C19H30O3. The number of aliphatic hydroxyl groups is 1. The fraction of sp³-hybridized carbons (Fsp3) is 0.526. The number of ether oxygens (including phenoxy) is 1. The molecular weight excluding hydrogens is 276 g/mol. The van der Waals surface area contributed by atoms with Crippen LogP contribution in [0.15, 0.2) is 48.6 Å². The van der Waals surface area contributed by atoms with Crippen molar-refractivity contribution >= 4 is 5.97 Å². The fourth-order valence-corrected chi connectivity index (χ4v) is 1.54. The van der Waals surface area contributed by atoms with Gasteiger partial charge in [0.1, 0.15) is 0 Å². The molecule has 0 aromatic heterocycles. The molecule has 0 unspecified atom stereocenters. The monoisotopic (exact) mass is 306 g/mol. The Kier molecular flexibility index (Phi) is 13.3. The van der Waals surface area contributed by atoms with Crippen LogP contribution >= 0.6 is 0 Å². The molecule has 0 aliphatic rings. The molecule has 0 spiro atoms. The summed E-state index contributed by atoms with van der Waals surface area (Å²) in [5.41, 5.74) is 0. The van der Waals surface area contributed by atoms with Crippen molar-refractivity contribution in [1.29, 1.82) is 0 Å². The summed E-state index contributed by atoms with van der Waals surface area (Å²) < 4.78 is 5.01. The van der Waals surface area contributed by atoms with Crippen LogP contribution < -0.4 is 0 Å².